The first-order chi connectivity index (χ1) is 9.60. The molecule has 0 bridgehead atoms. The highest BCUT2D eigenvalue weighted by Crippen LogP contribution is 2.29. The van der Waals surface area contributed by atoms with Gasteiger partial charge in [-0.15, -0.1) is 0 Å². The van der Waals surface area contributed by atoms with Gasteiger partial charge in [-0.25, -0.2) is 4.98 Å². The van der Waals surface area contributed by atoms with Crippen molar-refractivity contribution in [1.82, 2.24) is 9.38 Å². The lowest BCUT2D eigenvalue weighted by Gasteiger charge is -2.02. The molecule has 0 saturated heterocycles. The van der Waals surface area contributed by atoms with Crippen molar-refractivity contribution < 1.29 is 0 Å². The molecule has 1 aromatic carbocycles. The summed E-state index contributed by atoms with van der Waals surface area (Å²) in [4.78, 5) is 4.65. The van der Waals surface area contributed by atoms with E-state index in [1.165, 1.54) is 5.56 Å². The molecule has 102 valence electrons. The lowest BCUT2D eigenvalue weighted by molar-refractivity contribution is 1.11. The molecule has 0 aliphatic heterocycles. The number of aryl methyl sites for hydroxylation is 2. The maximum Gasteiger partial charge on any atom is 0.156 e. The Balaban J connectivity index is 2.20. The molecule has 0 aliphatic rings. The Kier molecular flexibility index (Phi) is 3.45. The van der Waals surface area contributed by atoms with Crippen molar-refractivity contribution in [1.29, 1.82) is 0 Å². The van der Waals surface area contributed by atoms with E-state index in [9.17, 15) is 0 Å². The normalized spacial score (nSPS) is 11.2. The fourth-order valence-electron chi connectivity index (χ4n) is 2.36. The number of nitrogens with zero attached hydrogens (tertiary/aromatic N) is 2. The predicted octanol–water partition coefficient (Wildman–Crippen LogP) is 5.18. The molecule has 2 aromatic heterocycles. The second-order valence-electron chi connectivity index (χ2n) is 4.80. The molecule has 0 radical (unpaired) electrons. The smallest absolute Gasteiger partial charge is 0.156 e. The summed E-state index contributed by atoms with van der Waals surface area (Å²) in [6, 6.07) is 10.2. The SMILES string of the molecule is CCc1ccc(-c2nc3c(Cl)cc(Cl)cn3c2C)cc1. The number of fused-ring (bicyclic) bond motifs is 1. The maximum absolute atomic E-state index is 6.21. The quantitative estimate of drug-likeness (QED) is 0.637. The van der Waals surface area contributed by atoms with Gasteiger partial charge in [-0.3, -0.25) is 0 Å². The first-order valence-electron chi connectivity index (χ1n) is 6.53. The van der Waals surface area contributed by atoms with Gasteiger partial charge in [-0.2, -0.15) is 0 Å². The van der Waals surface area contributed by atoms with Crippen molar-refractivity contribution in [2.75, 3.05) is 0 Å². The molecule has 2 nitrogen and oxygen atoms in total. The van der Waals surface area contributed by atoms with E-state index < -0.39 is 0 Å². The molecule has 0 N–H and O–H groups in total. The molecule has 3 aromatic rings. The Morgan fingerprint density at radius 2 is 1.85 bits per heavy atom. The molecular weight excluding hydrogens is 291 g/mol. The molecule has 0 fully saturated rings. The first kappa shape index (κ1) is 13.5. The van der Waals surface area contributed by atoms with Gasteiger partial charge in [0.15, 0.2) is 5.65 Å². The van der Waals surface area contributed by atoms with Crippen LogP contribution in [0.4, 0.5) is 0 Å². The third-order valence-corrected chi connectivity index (χ3v) is 4.00. The minimum absolute atomic E-state index is 0.567. The standard InChI is InChI=1S/C16H14Cl2N2/c1-3-11-4-6-12(7-5-11)15-10(2)20-9-13(17)8-14(18)16(20)19-15/h4-9H,3H2,1-2H3. The van der Waals surface area contributed by atoms with Gasteiger partial charge in [-0.05, 0) is 25.0 Å². The summed E-state index contributed by atoms with van der Waals surface area (Å²) in [6.45, 7) is 4.17. The average molecular weight is 305 g/mol. The average Bonchev–Trinajstić information content (AvgIpc) is 2.77. The molecule has 3 rings (SSSR count). The van der Waals surface area contributed by atoms with Gasteiger partial charge in [-0.1, -0.05) is 54.4 Å². The summed E-state index contributed by atoms with van der Waals surface area (Å²) in [5.41, 5.74) is 5.13. The van der Waals surface area contributed by atoms with Crippen LogP contribution in [0.25, 0.3) is 16.9 Å². The zero-order chi connectivity index (χ0) is 14.3. The fraction of sp³-hybridized carbons (Fsp3) is 0.188. The summed E-state index contributed by atoms with van der Waals surface area (Å²) in [5.74, 6) is 0. The van der Waals surface area contributed by atoms with E-state index in [4.69, 9.17) is 23.2 Å². The number of aromatic nitrogens is 2. The van der Waals surface area contributed by atoms with E-state index >= 15 is 0 Å². The van der Waals surface area contributed by atoms with Crippen molar-refractivity contribution >= 4 is 28.8 Å². The molecule has 0 saturated carbocycles. The van der Waals surface area contributed by atoms with Crippen LogP contribution < -0.4 is 0 Å². The number of benzene rings is 1. The van der Waals surface area contributed by atoms with Crippen LogP contribution in [0.15, 0.2) is 36.5 Å². The molecule has 0 unspecified atom stereocenters. The monoisotopic (exact) mass is 304 g/mol. The van der Waals surface area contributed by atoms with Crippen molar-refractivity contribution in [3.8, 4) is 11.3 Å². The highest BCUT2D eigenvalue weighted by molar-refractivity contribution is 6.36. The Morgan fingerprint density at radius 3 is 2.50 bits per heavy atom. The molecule has 0 atom stereocenters. The van der Waals surface area contributed by atoms with E-state index in [0.717, 1.165) is 29.0 Å². The second kappa shape index (κ2) is 5.12. The van der Waals surface area contributed by atoms with Gasteiger partial charge in [0, 0.05) is 17.5 Å². The van der Waals surface area contributed by atoms with E-state index in [1.807, 2.05) is 17.5 Å². The van der Waals surface area contributed by atoms with Crippen LogP contribution >= 0.6 is 23.2 Å². The molecular formula is C16H14Cl2N2. The minimum atomic E-state index is 0.567. The van der Waals surface area contributed by atoms with Gasteiger partial charge in [0.05, 0.1) is 15.7 Å². The van der Waals surface area contributed by atoms with Gasteiger partial charge in [0.25, 0.3) is 0 Å². The van der Waals surface area contributed by atoms with Crippen molar-refractivity contribution in [3.63, 3.8) is 0 Å². The molecule has 4 heteroatoms. The van der Waals surface area contributed by atoms with Crippen LogP contribution in [0.1, 0.15) is 18.2 Å². The number of rotatable bonds is 2. The molecule has 20 heavy (non-hydrogen) atoms. The van der Waals surface area contributed by atoms with Gasteiger partial charge in [0.2, 0.25) is 0 Å². The van der Waals surface area contributed by atoms with Crippen LogP contribution in [0.3, 0.4) is 0 Å². The summed E-state index contributed by atoms with van der Waals surface area (Å²) in [6.07, 6.45) is 2.88. The minimum Gasteiger partial charge on any atom is -0.301 e. The maximum atomic E-state index is 6.21. The van der Waals surface area contributed by atoms with Crippen molar-refractivity contribution in [2.24, 2.45) is 0 Å². The number of pyridine rings is 1. The molecule has 0 aliphatic carbocycles. The predicted molar refractivity (Wildman–Crippen MR) is 84.8 cm³/mol. The van der Waals surface area contributed by atoms with Crippen LogP contribution in [0.5, 0.6) is 0 Å². The van der Waals surface area contributed by atoms with E-state index in [2.05, 4.69) is 36.2 Å². The highest BCUT2D eigenvalue weighted by atomic mass is 35.5. The van der Waals surface area contributed by atoms with Crippen LogP contribution in [-0.2, 0) is 6.42 Å². The number of hydrogen-bond acceptors (Lipinski definition) is 1. The third kappa shape index (κ3) is 2.19. The lowest BCUT2D eigenvalue weighted by Crippen LogP contribution is -1.88. The summed E-state index contributed by atoms with van der Waals surface area (Å²) in [5, 5.41) is 1.17. The topological polar surface area (TPSA) is 17.3 Å². The van der Waals surface area contributed by atoms with E-state index in [1.54, 1.807) is 6.07 Å². The first-order valence-corrected chi connectivity index (χ1v) is 7.28. The Bertz CT molecular complexity index is 773. The third-order valence-electron chi connectivity index (χ3n) is 3.52. The van der Waals surface area contributed by atoms with Gasteiger partial charge < -0.3 is 4.40 Å². The Labute approximate surface area is 128 Å². The van der Waals surface area contributed by atoms with Gasteiger partial charge >= 0.3 is 0 Å². The highest BCUT2D eigenvalue weighted by Gasteiger charge is 2.13. The van der Waals surface area contributed by atoms with E-state index in [0.29, 0.717) is 10.0 Å². The summed E-state index contributed by atoms with van der Waals surface area (Å²) < 4.78 is 1.94. The molecule has 0 amide bonds. The Hall–Kier alpha value is -1.51. The van der Waals surface area contributed by atoms with E-state index in [-0.39, 0.29) is 0 Å². The summed E-state index contributed by atoms with van der Waals surface area (Å²) >= 11 is 12.3. The molecule has 0 spiro atoms. The van der Waals surface area contributed by atoms with Crippen molar-refractivity contribution in [2.45, 2.75) is 20.3 Å². The second-order valence-corrected chi connectivity index (χ2v) is 5.64. The number of imidazole rings is 1. The zero-order valence-corrected chi connectivity index (χ0v) is 12.8. The molecule has 2 heterocycles. The van der Waals surface area contributed by atoms with Crippen LogP contribution in [-0.4, -0.2) is 9.38 Å². The largest absolute Gasteiger partial charge is 0.301 e. The zero-order valence-electron chi connectivity index (χ0n) is 11.3. The number of hydrogen-bond donors (Lipinski definition) is 0. The summed E-state index contributed by atoms with van der Waals surface area (Å²) in [7, 11) is 0. The number of halogens is 2. The lowest BCUT2D eigenvalue weighted by atomic mass is 10.1. The van der Waals surface area contributed by atoms with Crippen molar-refractivity contribution in [3.05, 3.63) is 57.8 Å². The van der Waals surface area contributed by atoms with Gasteiger partial charge in [0.1, 0.15) is 0 Å². The van der Waals surface area contributed by atoms with Crippen LogP contribution in [0, 0.1) is 6.92 Å². The fourth-order valence-corrected chi connectivity index (χ4v) is 2.87. The van der Waals surface area contributed by atoms with Crippen LogP contribution in [0.2, 0.25) is 10.0 Å². The Morgan fingerprint density at radius 1 is 1.15 bits per heavy atom.